The first-order valence-corrected chi connectivity index (χ1v) is 4.79. The van der Waals surface area contributed by atoms with Crippen LogP contribution in [0.5, 0.6) is 5.75 Å². The zero-order valence-electron chi connectivity index (χ0n) is 7.01. The van der Waals surface area contributed by atoms with Gasteiger partial charge in [-0.25, -0.2) is 0 Å². The van der Waals surface area contributed by atoms with Crippen LogP contribution >= 0.6 is 15.9 Å². The minimum Gasteiger partial charge on any atom is -0.496 e. The van der Waals surface area contributed by atoms with E-state index in [4.69, 9.17) is 4.74 Å². The highest BCUT2D eigenvalue weighted by molar-refractivity contribution is 9.08. The molecule has 0 aliphatic rings. The van der Waals surface area contributed by atoms with Crippen molar-refractivity contribution in [3.8, 4) is 5.75 Å². The average molecular weight is 227 g/mol. The zero-order chi connectivity index (χ0) is 8.97. The van der Waals surface area contributed by atoms with Gasteiger partial charge in [-0.3, -0.25) is 0 Å². The van der Waals surface area contributed by atoms with Crippen LogP contribution in [0, 0.1) is 0 Å². The Hall–Kier alpha value is -0.760. The van der Waals surface area contributed by atoms with Crippen LogP contribution in [0.25, 0.3) is 6.08 Å². The zero-order valence-corrected chi connectivity index (χ0v) is 8.60. The van der Waals surface area contributed by atoms with Gasteiger partial charge in [-0.05, 0) is 17.7 Å². The van der Waals surface area contributed by atoms with Crippen LogP contribution in [0.15, 0.2) is 24.8 Å². The minimum atomic E-state index is 0.803. The summed E-state index contributed by atoms with van der Waals surface area (Å²) in [6.07, 6.45) is 1.82. The van der Waals surface area contributed by atoms with Gasteiger partial charge in [0.1, 0.15) is 5.75 Å². The Balaban J connectivity index is 3.10. The SMILES string of the molecule is C=Cc1ccc(OC)c(CBr)c1. The molecule has 0 heterocycles. The fourth-order valence-corrected chi connectivity index (χ4v) is 1.47. The predicted octanol–water partition coefficient (Wildman–Crippen LogP) is 3.23. The molecule has 0 saturated carbocycles. The Morgan fingerprint density at radius 2 is 2.33 bits per heavy atom. The number of ether oxygens (including phenoxy) is 1. The van der Waals surface area contributed by atoms with Gasteiger partial charge in [0.15, 0.2) is 0 Å². The smallest absolute Gasteiger partial charge is 0.122 e. The number of benzene rings is 1. The van der Waals surface area contributed by atoms with E-state index in [9.17, 15) is 0 Å². The van der Waals surface area contributed by atoms with Gasteiger partial charge in [-0.15, -0.1) is 0 Å². The largest absolute Gasteiger partial charge is 0.496 e. The molecule has 1 rings (SSSR count). The lowest BCUT2D eigenvalue weighted by Gasteiger charge is -2.06. The molecule has 0 N–H and O–H groups in total. The third-order valence-corrected chi connectivity index (χ3v) is 2.29. The van der Waals surface area contributed by atoms with Crippen molar-refractivity contribution < 1.29 is 4.74 Å². The van der Waals surface area contributed by atoms with Gasteiger partial charge in [-0.1, -0.05) is 34.7 Å². The van der Waals surface area contributed by atoms with E-state index < -0.39 is 0 Å². The summed E-state index contributed by atoms with van der Waals surface area (Å²) in [4.78, 5) is 0. The summed E-state index contributed by atoms with van der Waals surface area (Å²) in [6.45, 7) is 3.71. The summed E-state index contributed by atoms with van der Waals surface area (Å²) >= 11 is 3.40. The third-order valence-electron chi connectivity index (χ3n) is 1.68. The molecule has 0 atom stereocenters. The second-order valence-electron chi connectivity index (χ2n) is 2.41. The van der Waals surface area contributed by atoms with Gasteiger partial charge in [0.05, 0.1) is 7.11 Å². The quantitative estimate of drug-likeness (QED) is 0.720. The van der Waals surface area contributed by atoms with Gasteiger partial charge >= 0.3 is 0 Å². The van der Waals surface area contributed by atoms with E-state index in [-0.39, 0.29) is 0 Å². The monoisotopic (exact) mass is 226 g/mol. The second-order valence-corrected chi connectivity index (χ2v) is 2.97. The first-order chi connectivity index (χ1) is 5.81. The molecule has 0 amide bonds. The van der Waals surface area contributed by atoms with Gasteiger partial charge in [0.2, 0.25) is 0 Å². The Morgan fingerprint density at radius 3 is 2.83 bits per heavy atom. The standard InChI is InChI=1S/C10H11BrO/c1-3-8-4-5-10(12-2)9(6-8)7-11/h3-6H,1,7H2,2H3. The van der Waals surface area contributed by atoms with Crippen molar-refractivity contribution in [1.29, 1.82) is 0 Å². The van der Waals surface area contributed by atoms with Crippen molar-refractivity contribution in [2.24, 2.45) is 0 Å². The molecule has 64 valence electrons. The maximum absolute atomic E-state index is 5.17. The van der Waals surface area contributed by atoms with Crippen LogP contribution < -0.4 is 4.74 Å². The predicted molar refractivity (Wildman–Crippen MR) is 55.7 cm³/mol. The molecule has 0 radical (unpaired) electrons. The summed E-state index contributed by atoms with van der Waals surface area (Å²) < 4.78 is 5.17. The van der Waals surface area contributed by atoms with E-state index in [1.807, 2.05) is 18.2 Å². The molecule has 12 heavy (non-hydrogen) atoms. The fraction of sp³-hybridized carbons (Fsp3) is 0.200. The van der Waals surface area contributed by atoms with Crippen molar-refractivity contribution in [2.75, 3.05) is 7.11 Å². The van der Waals surface area contributed by atoms with Crippen molar-refractivity contribution in [3.63, 3.8) is 0 Å². The molecular formula is C10H11BrO. The molecule has 2 heteroatoms. The van der Waals surface area contributed by atoms with Crippen LogP contribution in [0.1, 0.15) is 11.1 Å². The van der Waals surface area contributed by atoms with Gasteiger partial charge in [0, 0.05) is 10.9 Å². The van der Waals surface area contributed by atoms with E-state index in [1.54, 1.807) is 7.11 Å². The van der Waals surface area contributed by atoms with Gasteiger partial charge < -0.3 is 4.74 Å². The molecular weight excluding hydrogens is 216 g/mol. The molecule has 0 fully saturated rings. The molecule has 0 aromatic heterocycles. The summed E-state index contributed by atoms with van der Waals surface area (Å²) in [5.74, 6) is 0.914. The highest BCUT2D eigenvalue weighted by atomic mass is 79.9. The van der Waals surface area contributed by atoms with Crippen LogP contribution in [-0.4, -0.2) is 7.11 Å². The van der Waals surface area contributed by atoms with Crippen LogP contribution in [0.2, 0.25) is 0 Å². The maximum atomic E-state index is 5.17. The van der Waals surface area contributed by atoms with Gasteiger partial charge in [0.25, 0.3) is 0 Å². The van der Waals surface area contributed by atoms with E-state index in [0.29, 0.717) is 0 Å². The number of rotatable bonds is 3. The normalized spacial score (nSPS) is 9.50. The first-order valence-electron chi connectivity index (χ1n) is 3.67. The number of hydrogen-bond donors (Lipinski definition) is 0. The van der Waals surface area contributed by atoms with Crippen molar-refractivity contribution in [3.05, 3.63) is 35.9 Å². The van der Waals surface area contributed by atoms with Crippen LogP contribution in [0.4, 0.5) is 0 Å². The molecule has 0 spiro atoms. The number of methoxy groups -OCH3 is 1. The van der Waals surface area contributed by atoms with E-state index >= 15 is 0 Å². The molecule has 1 aromatic carbocycles. The lowest BCUT2D eigenvalue weighted by Crippen LogP contribution is -1.89. The Bertz CT molecular complexity index is 281. The third kappa shape index (κ3) is 1.89. The first kappa shape index (κ1) is 9.33. The van der Waals surface area contributed by atoms with Crippen LogP contribution in [-0.2, 0) is 5.33 Å². The lowest BCUT2D eigenvalue weighted by molar-refractivity contribution is 0.411. The summed E-state index contributed by atoms with van der Waals surface area (Å²) in [5.41, 5.74) is 2.26. The van der Waals surface area contributed by atoms with E-state index in [1.165, 1.54) is 0 Å². The van der Waals surface area contributed by atoms with E-state index in [0.717, 1.165) is 22.2 Å². The van der Waals surface area contributed by atoms with Crippen LogP contribution in [0.3, 0.4) is 0 Å². The fourth-order valence-electron chi connectivity index (χ4n) is 1.03. The summed E-state index contributed by atoms with van der Waals surface area (Å²) in [6, 6.07) is 5.99. The van der Waals surface area contributed by atoms with Crippen molar-refractivity contribution in [2.45, 2.75) is 5.33 Å². The van der Waals surface area contributed by atoms with E-state index in [2.05, 4.69) is 28.6 Å². The number of hydrogen-bond acceptors (Lipinski definition) is 1. The molecule has 0 saturated heterocycles. The summed E-state index contributed by atoms with van der Waals surface area (Å²) in [5, 5.41) is 0.803. The minimum absolute atomic E-state index is 0.803. The highest BCUT2D eigenvalue weighted by Gasteiger charge is 2.00. The Kier molecular flexibility index (Phi) is 3.35. The molecule has 1 nitrogen and oxygen atoms in total. The second kappa shape index (κ2) is 4.31. The topological polar surface area (TPSA) is 9.23 Å². The maximum Gasteiger partial charge on any atom is 0.122 e. The molecule has 1 aromatic rings. The lowest BCUT2D eigenvalue weighted by atomic mass is 10.1. The van der Waals surface area contributed by atoms with Gasteiger partial charge in [-0.2, -0.15) is 0 Å². The summed E-state index contributed by atoms with van der Waals surface area (Å²) in [7, 11) is 1.68. The Morgan fingerprint density at radius 1 is 1.58 bits per heavy atom. The van der Waals surface area contributed by atoms with Crippen molar-refractivity contribution >= 4 is 22.0 Å². The number of alkyl halides is 1. The molecule has 0 bridgehead atoms. The average Bonchev–Trinajstić information content (AvgIpc) is 2.16. The Labute approximate surface area is 81.2 Å². The molecule has 0 aliphatic carbocycles. The molecule has 0 unspecified atom stereocenters. The number of halogens is 1. The highest BCUT2D eigenvalue weighted by Crippen LogP contribution is 2.22. The van der Waals surface area contributed by atoms with Crippen molar-refractivity contribution in [1.82, 2.24) is 0 Å². The molecule has 0 aliphatic heterocycles.